The van der Waals surface area contributed by atoms with Crippen molar-refractivity contribution in [1.29, 1.82) is 0 Å². The average Bonchev–Trinajstić information content (AvgIpc) is 3.16. The lowest BCUT2D eigenvalue weighted by molar-refractivity contribution is -0.00578. The molecular formula is C20H21F3N6O. The molecule has 3 aromatic heterocycles. The minimum Gasteiger partial charge on any atom is -0.335 e. The van der Waals surface area contributed by atoms with Gasteiger partial charge in [-0.1, -0.05) is 6.92 Å². The van der Waals surface area contributed by atoms with E-state index >= 15 is 4.39 Å². The third kappa shape index (κ3) is 3.40. The van der Waals surface area contributed by atoms with Crippen LogP contribution in [0.25, 0.3) is 5.78 Å². The first kappa shape index (κ1) is 20.2. The summed E-state index contributed by atoms with van der Waals surface area (Å²) < 4.78 is 44.3. The highest BCUT2D eigenvalue weighted by atomic mass is 19.3. The zero-order valence-electron chi connectivity index (χ0n) is 16.8. The van der Waals surface area contributed by atoms with Gasteiger partial charge in [0.1, 0.15) is 12.0 Å². The van der Waals surface area contributed by atoms with Crippen molar-refractivity contribution in [3.05, 3.63) is 52.9 Å². The summed E-state index contributed by atoms with van der Waals surface area (Å²) in [6.45, 7) is 5.35. The van der Waals surface area contributed by atoms with E-state index in [-0.39, 0.29) is 23.9 Å². The van der Waals surface area contributed by atoms with Gasteiger partial charge in [-0.25, -0.2) is 18.2 Å². The number of nitrogens with zero attached hydrogens (tertiary/aromatic N) is 6. The predicted molar refractivity (Wildman–Crippen MR) is 102 cm³/mol. The second-order valence-electron chi connectivity index (χ2n) is 7.76. The van der Waals surface area contributed by atoms with Crippen LogP contribution in [0.3, 0.4) is 0 Å². The molecule has 0 unspecified atom stereocenters. The van der Waals surface area contributed by atoms with Gasteiger partial charge in [0.05, 0.1) is 12.2 Å². The highest BCUT2D eigenvalue weighted by molar-refractivity contribution is 5.94. The molecule has 158 valence electrons. The number of piperidine rings is 1. The molecule has 0 saturated carbocycles. The average molecular weight is 418 g/mol. The molecule has 1 aliphatic heterocycles. The molecular weight excluding hydrogens is 397 g/mol. The summed E-state index contributed by atoms with van der Waals surface area (Å²) >= 11 is 0. The zero-order valence-corrected chi connectivity index (χ0v) is 16.8. The van der Waals surface area contributed by atoms with E-state index < -0.39 is 23.7 Å². The lowest BCUT2D eigenvalue weighted by Crippen LogP contribution is -2.51. The first-order valence-electron chi connectivity index (χ1n) is 9.62. The number of fused-ring (bicyclic) bond motifs is 1. The minimum atomic E-state index is -2.88. The fraction of sp³-hybridized carbons (Fsp3) is 0.450. The van der Waals surface area contributed by atoms with Crippen molar-refractivity contribution < 1.29 is 18.0 Å². The van der Waals surface area contributed by atoms with E-state index in [9.17, 15) is 13.6 Å². The number of pyridine rings is 1. The van der Waals surface area contributed by atoms with Gasteiger partial charge in [0, 0.05) is 23.5 Å². The number of rotatable bonds is 3. The van der Waals surface area contributed by atoms with Crippen LogP contribution < -0.4 is 0 Å². The Kier molecular flexibility index (Phi) is 4.95. The van der Waals surface area contributed by atoms with Gasteiger partial charge in [0.15, 0.2) is 5.67 Å². The molecule has 10 heteroatoms. The maximum absolute atomic E-state index is 16.5. The largest absolute Gasteiger partial charge is 0.335 e. The topological polar surface area (TPSA) is 76.3 Å². The van der Waals surface area contributed by atoms with Crippen molar-refractivity contribution in [3.8, 4) is 0 Å². The van der Waals surface area contributed by atoms with E-state index in [0.29, 0.717) is 29.9 Å². The zero-order chi connectivity index (χ0) is 21.6. The summed E-state index contributed by atoms with van der Waals surface area (Å²) in [5.41, 5.74) is -0.939. The van der Waals surface area contributed by atoms with E-state index in [1.54, 1.807) is 32.9 Å². The highest BCUT2D eigenvalue weighted by Crippen LogP contribution is 2.41. The molecule has 30 heavy (non-hydrogen) atoms. The Morgan fingerprint density at radius 3 is 2.57 bits per heavy atom. The van der Waals surface area contributed by atoms with Gasteiger partial charge < -0.3 is 4.90 Å². The van der Waals surface area contributed by atoms with Gasteiger partial charge in [-0.2, -0.15) is 14.6 Å². The Balaban J connectivity index is 1.75. The number of amides is 1. The number of likely N-dealkylation sites (tertiary alicyclic amines) is 1. The molecule has 0 radical (unpaired) electrons. The number of carbonyl (C=O) groups is 1. The fourth-order valence-corrected chi connectivity index (χ4v) is 3.98. The van der Waals surface area contributed by atoms with Crippen LogP contribution >= 0.6 is 0 Å². The second-order valence-corrected chi connectivity index (χ2v) is 7.76. The van der Waals surface area contributed by atoms with Crippen LogP contribution in [0, 0.1) is 19.8 Å². The van der Waals surface area contributed by atoms with Crippen molar-refractivity contribution in [2.45, 2.75) is 39.3 Å². The van der Waals surface area contributed by atoms with Crippen LogP contribution in [0.4, 0.5) is 13.2 Å². The third-order valence-corrected chi connectivity index (χ3v) is 5.57. The van der Waals surface area contributed by atoms with Gasteiger partial charge in [0.25, 0.3) is 18.1 Å². The van der Waals surface area contributed by atoms with Crippen LogP contribution in [0.5, 0.6) is 0 Å². The molecule has 1 aliphatic rings. The number of aryl methyl sites for hydroxylation is 2. The third-order valence-electron chi connectivity index (χ3n) is 5.57. The maximum Gasteiger partial charge on any atom is 0.280 e. The number of carbonyl (C=O) groups excluding carboxylic acids is 1. The fourth-order valence-electron chi connectivity index (χ4n) is 3.98. The SMILES string of the molecule is Cc1cc(C(=O)N2CC[C@@H](C)[C@](F)(c3cc(C(F)F)nc4ncnn34)C2)cc(C)n1. The lowest BCUT2D eigenvalue weighted by Gasteiger charge is -2.42. The van der Waals surface area contributed by atoms with Crippen molar-refractivity contribution in [3.63, 3.8) is 0 Å². The summed E-state index contributed by atoms with van der Waals surface area (Å²) in [6, 6.07) is 4.34. The van der Waals surface area contributed by atoms with Crippen molar-refractivity contribution in [2.75, 3.05) is 13.1 Å². The molecule has 0 N–H and O–H groups in total. The highest BCUT2D eigenvalue weighted by Gasteiger charge is 2.47. The van der Waals surface area contributed by atoms with Gasteiger partial charge in [-0.15, -0.1) is 0 Å². The van der Waals surface area contributed by atoms with Crippen LogP contribution in [0.1, 0.15) is 52.9 Å². The molecule has 1 fully saturated rings. The molecule has 7 nitrogen and oxygen atoms in total. The number of halogens is 3. The summed E-state index contributed by atoms with van der Waals surface area (Å²) in [5, 5.41) is 3.97. The van der Waals surface area contributed by atoms with Gasteiger partial charge in [0.2, 0.25) is 0 Å². The van der Waals surface area contributed by atoms with E-state index in [2.05, 4.69) is 20.1 Å². The first-order chi connectivity index (χ1) is 14.2. The quantitative estimate of drug-likeness (QED) is 0.652. The number of aromatic nitrogens is 5. The van der Waals surface area contributed by atoms with Gasteiger partial charge in [-0.3, -0.25) is 9.78 Å². The molecule has 0 aromatic carbocycles. The van der Waals surface area contributed by atoms with Crippen molar-refractivity contribution in [1.82, 2.24) is 29.5 Å². The number of alkyl halides is 3. The van der Waals surface area contributed by atoms with E-state index in [1.165, 1.54) is 4.90 Å². The summed E-state index contributed by atoms with van der Waals surface area (Å²) in [6.07, 6.45) is -1.37. The Bertz CT molecular complexity index is 1100. The van der Waals surface area contributed by atoms with Crippen molar-refractivity contribution in [2.24, 2.45) is 5.92 Å². The number of hydrogen-bond acceptors (Lipinski definition) is 5. The van der Waals surface area contributed by atoms with Gasteiger partial charge in [-0.05, 0) is 44.4 Å². The van der Waals surface area contributed by atoms with Crippen LogP contribution in [0.2, 0.25) is 0 Å². The Morgan fingerprint density at radius 1 is 1.20 bits per heavy atom. The van der Waals surface area contributed by atoms with E-state index in [1.807, 2.05) is 0 Å². The van der Waals surface area contributed by atoms with Crippen molar-refractivity contribution >= 4 is 11.7 Å². The second kappa shape index (κ2) is 7.33. The van der Waals surface area contributed by atoms with Gasteiger partial charge >= 0.3 is 0 Å². The molecule has 0 aliphatic carbocycles. The molecule has 4 heterocycles. The summed E-state index contributed by atoms with van der Waals surface area (Å²) in [4.78, 5) is 26.4. The Morgan fingerprint density at radius 2 is 1.90 bits per heavy atom. The monoisotopic (exact) mass is 418 g/mol. The summed E-state index contributed by atoms with van der Waals surface area (Å²) in [7, 11) is 0. The Labute approximate surface area is 171 Å². The van der Waals surface area contributed by atoms with Crippen LogP contribution in [-0.4, -0.2) is 48.5 Å². The van der Waals surface area contributed by atoms with E-state index in [0.717, 1.165) is 16.9 Å². The van der Waals surface area contributed by atoms with E-state index in [4.69, 9.17) is 0 Å². The maximum atomic E-state index is 16.5. The summed E-state index contributed by atoms with van der Waals surface area (Å²) in [5.74, 6) is -0.950. The normalized spacial score (nSPS) is 22.1. The molecule has 2 atom stereocenters. The smallest absolute Gasteiger partial charge is 0.280 e. The standard InChI is InChI=1S/C20H21F3N6O/c1-11-4-5-28(18(30)14-6-12(2)26-13(3)7-14)9-20(11,23)16-8-15(17(21)22)27-19-24-10-25-29(16)19/h6-8,10-11,17H,4-5,9H2,1-3H3/t11-,20+/m1/s1. The predicted octanol–water partition coefficient (Wildman–Crippen LogP) is 3.42. The minimum absolute atomic E-state index is 0.0765. The van der Waals surface area contributed by atoms with Crippen LogP contribution in [-0.2, 0) is 5.67 Å². The van der Waals surface area contributed by atoms with Crippen LogP contribution in [0.15, 0.2) is 24.5 Å². The lowest BCUT2D eigenvalue weighted by atomic mass is 9.81. The molecule has 1 amide bonds. The molecule has 0 bridgehead atoms. The molecule has 3 aromatic rings. The first-order valence-corrected chi connectivity index (χ1v) is 9.62. The Hall–Kier alpha value is -3.04. The number of hydrogen-bond donors (Lipinski definition) is 0. The molecule has 1 saturated heterocycles. The molecule has 4 rings (SSSR count). The molecule has 0 spiro atoms.